The van der Waals surface area contributed by atoms with Crippen molar-refractivity contribution in [3.05, 3.63) is 66.2 Å². The second-order valence-electron chi connectivity index (χ2n) is 5.51. The molecule has 1 unspecified atom stereocenters. The van der Waals surface area contributed by atoms with Crippen LogP contribution in [0.15, 0.2) is 65.6 Å². The minimum absolute atomic E-state index is 0.0299. The number of carbonyl (C=O) groups excluding carboxylic acids is 1. The molecule has 0 saturated heterocycles. The van der Waals surface area contributed by atoms with Crippen molar-refractivity contribution >= 4 is 21.9 Å². The fraction of sp³-hybridized carbons (Fsp3) is 0.250. The van der Waals surface area contributed by atoms with Crippen LogP contribution in [-0.4, -0.2) is 33.4 Å². The number of allylic oxidation sites excluding steroid dienone is 1. The summed E-state index contributed by atoms with van der Waals surface area (Å²) >= 11 is 0. The van der Waals surface area contributed by atoms with E-state index in [9.17, 15) is 13.2 Å². The third-order valence-corrected chi connectivity index (χ3v) is 5.84. The lowest BCUT2D eigenvalue weighted by Gasteiger charge is -2.15. The molecule has 0 aliphatic rings. The number of ether oxygens (including phenoxy) is 2. The van der Waals surface area contributed by atoms with Crippen LogP contribution in [-0.2, 0) is 19.4 Å². The van der Waals surface area contributed by atoms with E-state index in [-0.39, 0.29) is 17.9 Å². The molecule has 0 radical (unpaired) electrons. The molecule has 0 N–H and O–H groups in total. The molecule has 0 aromatic heterocycles. The summed E-state index contributed by atoms with van der Waals surface area (Å²) in [6, 6.07) is 15.4. The minimum Gasteiger partial charge on any atom is -0.497 e. The predicted octanol–water partition coefficient (Wildman–Crippen LogP) is 3.50. The average molecular weight is 374 g/mol. The number of hydrogen-bond donors (Lipinski definition) is 0. The number of carbonyl (C=O) groups is 1. The van der Waals surface area contributed by atoms with Crippen molar-refractivity contribution in [2.45, 2.75) is 23.5 Å². The predicted molar refractivity (Wildman–Crippen MR) is 101 cm³/mol. The van der Waals surface area contributed by atoms with E-state index in [1.165, 1.54) is 19.2 Å². The molecule has 0 fully saturated rings. The molecule has 2 rings (SSSR count). The summed E-state index contributed by atoms with van der Waals surface area (Å²) in [5, 5.41) is -1.30. The Balaban J connectivity index is 2.27. The first-order chi connectivity index (χ1) is 12.5. The molecule has 26 heavy (non-hydrogen) atoms. The number of benzene rings is 2. The lowest BCUT2D eigenvalue weighted by atomic mass is 10.2. The summed E-state index contributed by atoms with van der Waals surface area (Å²) in [5.41, 5.74) is 0.928. The SMILES string of the molecule is CCOC(=O)C(C/C=C/c1ccccc1)S(=O)(=O)c1ccc(OC)cc1. The van der Waals surface area contributed by atoms with Crippen molar-refractivity contribution < 1.29 is 22.7 Å². The summed E-state index contributed by atoms with van der Waals surface area (Å²) in [4.78, 5) is 12.3. The molecule has 138 valence electrons. The van der Waals surface area contributed by atoms with Crippen LogP contribution in [0.1, 0.15) is 18.9 Å². The number of hydrogen-bond acceptors (Lipinski definition) is 5. The first kappa shape index (κ1) is 19.7. The van der Waals surface area contributed by atoms with Gasteiger partial charge in [-0.15, -0.1) is 0 Å². The van der Waals surface area contributed by atoms with Crippen LogP contribution in [0.4, 0.5) is 0 Å². The zero-order valence-electron chi connectivity index (χ0n) is 14.8. The first-order valence-corrected chi connectivity index (χ1v) is 9.80. The molecule has 6 heteroatoms. The van der Waals surface area contributed by atoms with Crippen LogP contribution < -0.4 is 4.74 Å². The Labute approximate surface area is 154 Å². The van der Waals surface area contributed by atoms with Gasteiger partial charge >= 0.3 is 5.97 Å². The Morgan fingerprint density at radius 3 is 2.31 bits per heavy atom. The van der Waals surface area contributed by atoms with Crippen LogP contribution in [0.2, 0.25) is 0 Å². The van der Waals surface area contributed by atoms with E-state index < -0.39 is 21.1 Å². The molecule has 0 aliphatic heterocycles. The molecule has 0 amide bonds. The summed E-state index contributed by atoms with van der Waals surface area (Å²) in [7, 11) is -2.38. The molecule has 5 nitrogen and oxygen atoms in total. The topological polar surface area (TPSA) is 69.7 Å². The van der Waals surface area contributed by atoms with E-state index >= 15 is 0 Å². The molecule has 2 aromatic rings. The van der Waals surface area contributed by atoms with Gasteiger partial charge in [-0.25, -0.2) is 8.42 Å². The molecular weight excluding hydrogens is 352 g/mol. The van der Waals surface area contributed by atoms with Crippen LogP contribution in [0.25, 0.3) is 6.08 Å². The largest absolute Gasteiger partial charge is 0.497 e. The molecule has 0 bridgehead atoms. The minimum atomic E-state index is -3.88. The second-order valence-corrected chi connectivity index (χ2v) is 7.64. The Morgan fingerprint density at radius 2 is 1.73 bits per heavy atom. The Bertz CT molecular complexity index is 840. The Hall–Kier alpha value is -2.60. The molecule has 0 aliphatic carbocycles. The zero-order valence-corrected chi connectivity index (χ0v) is 15.6. The van der Waals surface area contributed by atoms with E-state index in [0.717, 1.165) is 5.56 Å². The van der Waals surface area contributed by atoms with Gasteiger partial charge in [0.15, 0.2) is 15.1 Å². The van der Waals surface area contributed by atoms with Gasteiger partial charge in [0.1, 0.15) is 5.75 Å². The summed E-state index contributed by atoms with van der Waals surface area (Å²) in [5.74, 6) is -0.207. The fourth-order valence-electron chi connectivity index (χ4n) is 2.41. The van der Waals surface area contributed by atoms with Gasteiger partial charge < -0.3 is 9.47 Å². The van der Waals surface area contributed by atoms with Crippen molar-refractivity contribution in [2.24, 2.45) is 0 Å². The Morgan fingerprint density at radius 1 is 1.08 bits per heavy atom. The van der Waals surface area contributed by atoms with E-state index in [0.29, 0.717) is 5.75 Å². The molecular formula is C20H22O5S. The number of rotatable bonds is 8. The van der Waals surface area contributed by atoms with Crippen molar-refractivity contribution in [2.75, 3.05) is 13.7 Å². The highest BCUT2D eigenvalue weighted by molar-refractivity contribution is 7.92. The maximum atomic E-state index is 12.9. The zero-order chi connectivity index (χ0) is 19.0. The highest BCUT2D eigenvalue weighted by Crippen LogP contribution is 2.23. The van der Waals surface area contributed by atoms with Crippen LogP contribution in [0.5, 0.6) is 5.75 Å². The normalized spacial score (nSPS) is 12.7. The van der Waals surface area contributed by atoms with Gasteiger partial charge in [-0.2, -0.15) is 0 Å². The third-order valence-electron chi connectivity index (χ3n) is 3.77. The van der Waals surface area contributed by atoms with E-state index in [1.807, 2.05) is 30.3 Å². The standard InChI is InChI=1S/C20H22O5S/c1-3-25-20(21)19(11-7-10-16-8-5-4-6-9-16)26(22,23)18-14-12-17(24-2)13-15-18/h4-10,12-15,19H,3,11H2,1-2H3/b10-7+. The number of methoxy groups -OCH3 is 1. The van der Waals surface area contributed by atoms with Gasteiger partial charge in [0.25, 0.3) is 0 Å². The van der Waals surface area contributed by atoms with Crippen LogP contribution >= 0.6 is 0 Å². The lowest BCUT2D eigenvalue weighted by Crippen LogP contribution is -2.31. The van der Waals surface area contributed by atoms with Crippen LogP contribution in [0, 0.1) is 0 Å². The highest BCUT2D eigenvalue weighted by atomic mass is 32.2. The van der Waals surface area contributed by atoms with Crippen molar-refractivity contribution in [3.8, 4) is 5.75 Å². The Kier molecular flexibility index (Phi) is 6.97. The molecule has 2 aromatic carbocycles. The molecule has 1 atom stereocenters. The maximum absolute atomic E-state index is 12.9. The molecule has 0 spiro atoms. The molecule has 0 saturated carbocycles. The summed E-state index contributed by atoms with van der Waals surface area (Å²) in [6.07, 6.45) is 3.50. The van der Waals surface area contributed by atoms with Gasteiger partial charge in [-0.05, 0) is 43.2 Å². The van der Waals surface area contributed by atoms with Gasteiger partial charge in [-0.3, -0.25) is 4.79 Å². The summed E-state index contributed by atoms with van der Waals surface area (Å²) < 4.78 is 35.9. The maximum Gasteiger partial charge on any atom is 0.325 e. The van der Waals surface area contributed by atoms with Gasteiger partial charge in [0, 0.05) is 0 Å². The highest BCUT2D eigenvalue weighted by Gasteiger charge is 2.34. The van der Waals surface area contributed by atoms with Crippen molar-refractivity contribution in [1.82, 2.24) is 0 Å². The molecule has 0 heterocycles. The average Bonchev–Trinajstić information content (AvgIpc) is 2.66. The monoisotopic (exact) mass is 374 g/mol. The third kappa shape index (κ3) is 4.95. The van der Waals surface area contributed by atoms with Gasteiger partial charge in [0.2, 0.25) is 0 Å². The number of esters is 1. The van der Waals surface area contributed by atoms with E-state index in [2.05, 4.69) is 0 Å². The van der Waals surface area contributed by atoms with Crippen molar-refractivity contribution in [3.63, 3.8) is 0 Å². The number of sulfone groups is 1. The van der Waals surface area contributed by atoms with Gasteiger partial charge in [0.05, 0.1) is 18.6 Å². The van der Waals surface area contributed by atoms with Crippen molar-refractivity contribution in [1.29, 1.82) is 0 Å². The smallest absolute Gasteiger partial charge is 0.325 e. The quantitative estimate of drug-likeness (QED) is 0.662. The van der Waals surface area contributed by atoms with E-state index in [1.54, 1.807) is 31.2 Å². The van der Waals surface area contributed by atoms with Crippen LogP contribution in [0.3, 0.4) is 0 Å². The lowest BCUT2D eigenvalue weighted by molar-refractivity contribution is -0.142. The summed E-state index contributed by atoms with van der Waals surface area (Å²) in [6.45, 7) is 1.77. The van der Waals surface area contributed by atoms with Gasteiger partial charge in [-0.1, -0.05) is 42.5 Å². The fourth-order valence-corrected chi connectivity index (χ4v) is 3.94. The first-order valence-electron chi connectivity index (χ1n) is 8.25. The second kappa shape index (κ2) is 9.20. The van der Waals surface area contributed by atoms with E-state index in [4.69, 9.17) is 9.47 Å².